The Labute approximate surface area is 157 Å². The third-order valence-electron chi connectivity index (χ3n) is 5.45. The first-order chi connectivity index (χ1) is 12.8. The molecule has 6 atom stereocenters. The van der Waals surface area contributed by atoms with Crippen LogP contribution in [0.5, 0.6) is 0 Å². The molecule has 1 aromatic rings. The van der Waals surface area contributed by atoms with Crippen molar-refractivity contribution in [1.29, 1.82) is 0 Å². The van der Waals surface area contributed by atoms with E-state index in [4.69, 9.17) is 4.74 Å². The number of aliphatic hydroxyl groups is 3. The quantitative estimate of drug-likeness (QED) is 0.564. The smallest absolute Gasteiger partial charge is 0.326 e. The van der Waals surface area contributed by atoms with Crippen molar-refractivity contribution >= 4 is 11.9 Å². The number of carboxylic acid groups (broad SMARTS) is 1. The first-order valence-electron chi connectivity index (χ1n) is 9.08. The molecule has 2 heterocycles. The zero-order chi connectivity index (χ0) is 19.7. The molecule has 0 spiro atoms. The fourth-order valence-corrected chi connectivity index (χ4v) is 3.79. The summed E-state index contributed by atoms with van der Waals surface area (Å²) in [5.74, 6) is -1.40. The van der Waals surface area contributed by atoms with E-state index in [0.717, 1.165) is 11.1 Å². The molecule has 2 aliphatic rings. The molecule has 8 heteroatoms. The van der Waals surface area contributed by atoms with E-state index in [0.29, 0.717) is 0 Å². The number of amides is 1. The summed E-state index contributed by atoms with van der Waals surface area (Å²) in [7, 11) is 0. The first-order valence-corrected chi connectivity index (χ1v) is 9.08. The number of aliphatic carboxylic acids is 1. The number of benzene rings is 1. The van der Waals surface area contributed by atoms with Crippen LogP contribution in [0.4, 0.5) is 0 Å². The third kappa shape index (κ3) is 3.98. The lowest BCUT2D eigenvalue weighted by molar-refractivity contribution is -0.218. The van der Waals surface area contributed by atoms with Gasteiger partial charge >= 0.3 is 5.97 Å². The predicted molar refractivity (Wildman–Crippen MR) is 93.7 cm³/mol. The number of aliphatic hydroxyl groups excluding tert-OH is 3. The van der Waals surface area contributed by atoms with Gasteiger partial charge in [-0.25, -0.2) is 4.79 Å². The molecule has 2 aliphatic heterocycles. The van der Waals surface area contributed by atoms with Crippen LogP contribution in [-0.2, 0) is 27.3 Å². The van der Waals surface area contributed by atoms with Gasteiger partial charge in [0.15, 0.2) is 0 Å². The minimum Gasteiger partial charge on any atom is -0.480 e. The largest absolute Gasteiger partial charge is 0.480 e. The maximum absolute atomic E-state index is 12.7. The van der Waals surface area contributed by atoms with Crippen LogP contribution in [0.2, 0.25) is 0 Å². The highest BCUT2D eigenvalue weighted by Gasteiger charge is 2.42. The maximum atomic E-state index is 12.7. The number of ether oxygens (including phenoxy) is 1. The van der Waals surface area contributed by atoms with Crippen LogP contribution >= 0.6 is 0 Å². The summed E-state index contributed by atoms with van der Waals surface area (Å²) in [6.07, 6.45) is -4.96. The highest BCUT2D eigenvalue weighted by molar-refractivity contribution is 5.84. The molecule has 0 saturated carbocycles. The normalized spacial score (nSPS) is 33.4. The van der Waals surface area contributed by atoms with Crippen LogP contribution in [0, 0.1) is 0 Å². The van der Waals surface area contributed by atoms with E-state index in [9.17, 15) is 30.0 Å². The number of hydrogen-bond acceptors (Lipinski definition) is 6. The molecule has 1 saturated heterocycles. The van der Waals surface area contributed by atoms with Crippen LogP contribution in [0.1, 0.15) is 30.9 Å². The molecule has 1 fully saturated rings. The summed E-state index contributed by atoms with van der Waals surface area (Å²) in [6.45, 7) is 1.80. The molecule has 1 amide bonds. The fourth-order valence-electron chi connectivity index (χ4n) is 3.79. The molecule has 27 heavy (non-hydrogen) atoms. The van der Waals surface area contributed by atoms with Gasteiger partial charge in [-0.2, -0.15) is 0 Å². The van der Waals surface area contributed by atoms with Gasteiger partial charge in [-0.05, 0) is 24.5 Å². The summed E-state index contributed by atoms with van der Waals surface area (Å²) in [5.41, 5.74) is 1.84. The van der Waals surface area contributed by atoms with E-state index < -0.39 is 42.5 Å². The van der Waals surface area contributed by atoms with Gasteiger partial charge in [0.25, 0.3) is 0 Å². The van der Waals surface area contributed by atoms with E-state index >= 15 is 0 Å². The lowest BCUT2D eigenvalue weighted by atomic mass is 9.92. The minimum absolute atomic E-state index is 0.0246. The van der Waals surface area contributed by atoms with Gasteiger partial charge in [0.05, 0.1) is 12.2 Å². The van der Waals surface area contributed by atoms with Gasteiger partial charge in [0.1, 0.15) is 24.4 Å². The van der Waals surface area contributed by atoms with Crippen LogP contribution in [-0.4, -0.2) is 73.8 Å². The van der Waals surface area contributed by atoms with Gasteiger partial charge in [-0.3, -0.25) is 4.79 Å². The van der Waals surface area contributed by atoms with E-state index in [2.05, 4.69) is 0 Å². The van der Waals surface area contributed by atoms with Crippen molar-refractivity contribution in [2.75, 3.05) is 0 Å². The summed E-state index contributed by atoms with van der Waals surface area (Å²) in [4.78, 5) is 25.7. The Morgan fingerprint density at radius 1 is 1.11 bits per heavy atom. The van der Waals surface area contributed by atoms with E-state index in [1.54, 1.807) is 6.92 Å². The second kappa shape index (κ2) is 7.93. The second-order valence-corrected chi connectivity index (χ2v) is 7.24. The van der Waals surface area contributed by atoms with Crippen molar-refractivity contribution < 1.29 is 34.8 Å². The van der Waals surface area contributed by atoms with Crippen molar-refractivity contribution in [3.05, 3.63) is 35.4 Å². The van der Waals surface area contributed by atoms with Gasteiger partial charge in [0, 0.05) is 19.4 Å². The zero-order valence-electron chi connectivity index (χ0n) is 15.1. The molecule has 0 aliphatic carbocycles. The number of rotatable bonds is 4. The maximum Gasteiger partial charge on any atom is 0.326 e. The monoisotopic (exact) mass is 379 g/mol. The topological polar surface area (TPSA) is 128 Å². The van der Waals surface area contributed by atoms with Crippen LogP contribution in [0.25, 0.3) is 0 Å². The van der Waals surface area contributed by atoms with Crippen molar-refractivity contribution in [3.63, 3.8) is 0 Å². The van der Waals surface area contributed by atoms with Crippen LogP contribution < -0.4 is 0 Å². The summed E-state index contributed by atoms with van der Waals surface area (Å²) in [6, 6.07) is 6.51. The minimum atomic E-state index is -1.34. The molecule has 4 N–H and O–H groups in total. The van der Waals surface area contributed by atoms with Crippen molar-refractivity contribution in [2.45, 2.75) is 69.3 Å². The Hall–Kier alpha value is -2.00. The van der Waals surface area contributed by atoms with Crippen molar-refractivity contribution in [1.82, 2.24) is 4.90 Å². The number of carboxylic acids is 1. The molecule has 0 aromatic heterocycles. The van der Waals surface area contributed by atoms with E-state index in [1.807, 2.05) is 24.3 Å². The third-order valence-corrected chi connectivity index (χ3v) is 5.45. The Bertz CT molecular complexity index is 709. The fraction of sp³-hybridized carbons (Fsp3) is 0.579. The molecular weight excluding hydrogens is 354 g/mol. The Balaban J connectivity index is 1.67. The summed E-state index contributed by atoms with van der Waals surface area (Å²) in [5, 5.41) is 39.2. The lowest BCUT2D eigenvalue weighted by Gasteiger charge is -2.40. The molecule has 148 valence electrons. The molecule has 0 radical (unpaired) electrons. The summed E-state index contributed by atoms with van der Waals surface area (Å²) >= 11 is 0. The zero-order valence-corrected chi connectivity index (χ0v) is 15.1. The molecule has 3 rings (SSSR count). The number of nitrogens with zero attached hydrogens (tertiary/aromatic N) is 1. The molecule has 1 aromatic carbocycles. The SMILES string of the molecule is C[C@@H]1O[C@@H](CCC(=O)N2Cc3ccccc3C[C@H]2C(=O)O)[C@@H](O)[C@H](O)[C@@H]1O. The number of hydrogen-bond donors (Lipinski definition) is 4. The second-order valence-electron chi connectivity index (χ2n) is 7.24. The summed E-state index contributed by atoms with van der Waals surface area (Å²) < 4.78 is 5.50. The van der Waals surface area contributed by atoms with Crippen LogP contribution in [0.15, 0.2) is 24.3 Å². The Kier molecular flexibility index (Phi) is 5.81. The number of carbonyl (C=O) groups excluding carboxylic acids is 1. The van der Waals surface area contributed by atoms with E-state index in [-0.39, 0.29) is 31.7 Å². The Morgan fingerprint density at radius 3 is 2.44 bits per heavy atom. The molecular formula is C19H25NO7. The van der Waals surface area contributed by atoms with E-state index in [1.165, 1.54) is 4.90 Å². The number of fused-ring (bicyclic) bond motifs is 1. The van der Waals surface area contributed by atoms with Crippen LogP contribution in [0.3, 0.4) is 0 Å². The molecule has 0 bridgehead atoms. The Morgan fingerprint density at radius 2 is 1.78 bits per heavy atom. The molecule has 8 nitrogen and oxygen atoms in total. The highest BCUT2D eigenvalue weighted by atomic mass is 16.5. The van der Waals surface area contributed by atoms with Gasteiger partial charge in [-0.15, -0.1) is 0 Å². The standard InChI is InChI=1S/C19H25NO7/c1-10-16(22)18(24)17(23)14(27-10)6-7-15(21)20-9-12-5-3-2-4-11(12)8-13(20)19(25)26/h2-5,10,13-14,16-18,22-24H,6-9H2,1H3,(H,25,26)/t10-,13-,14-,16+,17+,18+/m0/s1. The van der Waals surface area contributed by atoms with Gasteiger partial charge in [0.2, 0.25) is 5.91 Å². The first kappa shape index (κ1) is 19.8. The average molecular weight is 379 g/mol. The lowest BCUT2D eigenvalue weighted by Crippen LogP contribution is -2.56. The highest BCUT2D eigenvalue weighted by Crippen LogP contribution is 2.27. The van der Waals surface area contributed by atoms with Gasteiger partial charge < -0.3 is 30.1 Å². The van der Waals surface area contributed by atoms with Crippen molar-refractivity contribution in [3.8, 4) is 0 Å². The number of carbonyl (C=O) groups is 2. The average Bonchev–Trinajstić information content (AvgIpc) is 2.66. The van der Waals surface area contributed by atoms with Crippen molar-refractivity contribution in [2.24, 2.45) is 0 Å². The van der Waals surface area contributed by atoms with Gasteiger partial charge in [-0.1, -0.05) is 24.3 Å². The predicted octanol–water partition coefficient (Wildman–Crippen LogP) is -0.325. The molecule has 0 unspecified atom stereocenters.